The number of aromatic nitrogens is 1. The predicted molar refractivity (Wildman–Crippen MR) is 78.8 cm³/mol. The van der Waals surface area contributed by atoms with E-state index in [2.05, 4.69) is 24.1 Å². The van der Waals surface area contributed by atoms with Crippen molar-refractivity contribution in [1.82, 2.24) is 14.6 Å². The monoisotopic (exact) mass is 315 g/mol. The Kier molecular flexibility index (Phi) is 5.29. The Balaban J connectivity index is 2.04. The lowest BCUT2D eigenvalue weighted by Crippen LogP contribution is -2.44. The van der Waals surface area contributed by atoms with Crippen molar-refractivity contribution in [2.24, 2.45) is 5.92 Å². The van der Waals surface area contributed by atoms with E-state index in [1.807, 2.05) is 0 Å². The van der Waals surface area contributed by atoms with Crippen LogP contribution in [0, 0.1) is 11.7 Å². The Morgan fingerprint density at radius 1 is 1.43 bits per heavy atom. The fourth-order valence-electron chi connectivity index (χ4n) is 2.79. The molecule has 1 aliphatic heterocycles. The van der Waals surface area contributed by atoms with Gasteiger partial charge in [0.15, 0.2) is 0 Å². The van der Waals surface area contributed by atoms with Gasteiger partial charge in [0.25, 0.3) is 0 Å². The van der Waals surface area contributed by atoms with Gasteiger partial charge in [-0.25, -0.2) is 12.8 Å². The molecule has 0 spiro atoms. The molecule has 0 amide bonds. The van der Waals surface area contributed by atoms with E-state index in [0.717, 1.165) is 31.6 Å². The highest BCUT2D eigenvalue weighted by Gasteiger charge is 2.31. The van der Waals surface area contributed by atoms with Crippen molar-refractivity contribution in [3.63, 3.8) is 0 Å². The Bertz CT molecular complexity index is 571. The van der Waals surface area contributed by atoms with Crippen LogP contribution in [0.1, 0.15) is 26.7 Å². The molecule has 1 N–H and O–H groups in total. The molecule has 2 heterocycles. The second-order valence-corrected chi connectivity index (χ2v) is 7.36. The van der Waals surface area contributed by atoms with Gasteiger partial charge in [-0.05, 0) is 38.3 Å². The second kappa shape index (κ2) is 6.81. The predicted octanol–water partition coefficient (Wildman–Crippen LogP) is 1.62. The number of rotatable bonds is 5. The highest BCUT2D eigenvalue weighted by molar-refractivity contribution is 7.89. The van der Waals surface area contributed by atoms with Gasteiger partial charge in [-0.15, -0.1) is 0 Å². The summed E-state index contributed by atoms with van der Waals surface area (Å²) < 4.78 is 39.5. The standard InChI is InChI=1S/C14H22FN3O2S/c1-3-17-11(2)12-4-6-18(7-5-12)21(19,20)14-8-13(15)9-16-10-14/h8-12,17H,3-7H2,1-2H3. The third-order valence-corrected chi connectivity index (χ3v) is 5.91. The number of sulfonamides is 1. The van der Waals surface area contributed by atoms with Gasteiger partial charge in [0.1, 0.15) is 10.7 Å². The third-order valence-electron chi connectivity index (χ3n) is 4.05. The molecule has 118 valence electrons. The number of pyridine rings is 1. The maximum atomic E-state index is 13.2. The van der Waals surface area contributed by atoms with E-state index in [9.17, 15) is 12.8 Å². The number of piperidine rings is 1. The van der Waals surface area contributed by atoms with Gasteiger partial charge < -0.3 is 5.32 Å². The minimum atomic E-state index is -3.64. The molecule has 0 radical (unpaired) electrons. The van der Waals surface area contributed by atoms with E-state index >= 15 is 0 Å². The SMILES string of the molecule is CCNC(C)C1CCN(S(=O)(=O)c2cncc(F)c2)CC1. The molecule has 1 atom stereocenters. The lowest BCUT2D eigenvalue weighted by molar-refractivity contribution is 0.232. The van der Waals surface area contributed by atoms with Crippen molar-refractivity contribution in [1.29, 1.82) is 0 Å². The number of hydrogen-bond donors (Lipinski definition) is 1. The number of hydrogen-bond acceptors (Lipinski definition) is 4. The number of nitrogens with zero attached hydrogens (tertiary/aromatic N) is 2. The zero-order chi connectivity index (χ0) is 15.5. The smallest absolute Gasteiger partial charge is 0.244 e. The molecular formula is C14H22FN3O2S. The minimum Gasteiger partial charge on any atom is -0.314 e. The molecule has 1 saturated heterocycles. The summed E-state index contributed by atoms with van der Waals surface area (Å²) in [6.07, 6.45) is 3.83. The molecule has 5 nitrogen and oxygen atoms in total. The summed E-state index contributed by atoms with van der Waals surface area (Å²) in [5.41, 5.74) is 0. The van der Waals surface area contributed by atoms with E-state index < -0.39 is 15.8 Å². The van der Waals surface area contributed by atoms with Crippen LogP contribution in [-0.2, 0) is 10.0 Å². The largest absolute Gasteiger partial charge is 0.314 e. The summed E-state index contributed by atoms with van der Waals surface area (Å²) in [4.78, 5) is 3.55. The first-order valence-corrected chi connectivity index (χ1v) is 8.73. The summed E-state index contributed by atoms with van der Waals surface area (Å²) in [7, 11) is -3.64. The molecule has 0 aliphatic carbocycles. The maximum Gasteiger partial charge on any atom is 0.244 e. The van der Waals surface area contributed by atoms with Crippen LogP contribution in [0.5, 0.6) is 0 Å². The molecule has 0 aromatic carbocycles. The van der Waals surface area contributed by atoms with Gasteiger partial charge in [0.05, 0.1) is 6.20 Å². The zero-order valence-corrected chi connectivity index (χ0v) is 13.2. The average Bonchev–Trinajstić information content (AvgIpc) is 2.47. The Labute approximate surface area is 125 Å². The minimum absolute atomic E-state index is 0.0688. The van der Waals surface area contributed by atoms with E-state index in [1.165, 1.54) is 10.5 Å². The van der Waals surface area contributed by atoms with Crippen LogP contribution in [0.3, 0.4) is 0 Å². The normalized spacial score (nSPS) is 19.6. The van der Waals surface area contributed by atoms with Crippen molar-refractivity contribution in [2.45, 2.75) is 37.6 Å². The Morgan fingerprint density at radius 3 is 2.67 bits per heavy atom. The molecule has 21 heavy (non-hydrogen) atoms. The van der Waals surface area contributed by atoms with Crippen LogP contribution in [0.2, 0.25) is 0 Å². The molecule has 1 unspecified atom stereocenters. The van der Waals surface area contributed by atoms with Crippen molar-refractivity contribution in [2.75, 3.05) is 19.6 Å². The maximum absolute atomic E-state index is 13.2. The zero-order valence-electron chi connectivity index (χ0n) is 12.4. The summed E-state index contributed by atoms with van der Waals surface area (Å²) in [6.45, 7) is 6.05. The lowest BCUT2D eigenvalue weighted by Gasteiger charge is -2.34. The topological polar surface area (TPSA) is 62.3 Å². The summed E-state index contributed by atoms with van der Waals surface area (Å²) >= 11 is 0. The van der Waals surface area contributed by atoms with Gasteiger partial charge in [0.2, 0.25) is 10.0 Å². The van der Waals surface area contributed by atoms with Crippen LogP contribution < -0.4 is 5.32 Å². The Hall–Kier alpha value is -1.05. The van der Waals surface area contributed by atoms with Crippen LogP contribution in [0.4, 0.5) is 4.39 Å². The van der Waals surface area contributed by atoms with E-state index in [0.29, 0.717) is 25.0 Å². The summed E-state index contributed by atoms with van der Waals surface area (Å²) in [6, 6.07) is 1.41. The van der Waals surface area contributed by atoms with Crippen molar-refractivity contribution >= 4 is 10.0 Å². The summed E-state index contributed by atoms with van der Waals surface area (Å²) in [5, 5.41) is 3.38. The fourth-order valence-corrected chi connectivity index (χ4v) is 4.23. The fraction of sp³-hybridized carbons (Fsp3) is 0.643. The molecule has 1 aliphatic rings. The molecule has 1 fully saturated rings. The number of halogens is 1. The first-order chi connectivity index (χ1) is 9.95. The van der Waals surface area contributed by atoms with E-state index in [-0.39, 0.29) is 4.90 Å². The van der Waals surface area contributed by atoms with Gasteiger partial charge >= 0.3 is 0 Å². The van der Waals surface area contributed by atoms with Crippen molar-refractivity contribution in [3.8, 4) is 0 Å². The Morgan fingerprint density at radius 2 is 2.10 bits per heavy atom. The number of nitrogens with one attached hydrogen (secondary N) is 1. The third kappa shape index (κ3) is 3.78. The molecule has 1 aromatic heterocycles. The molecule has 1 aromatic rings. The first-order valence-electron chi connectivity index (χ1n) is 7.29. The molecule has 7 heteroatoms. The van der Waals surface area contributed by atoms with Crippen LogP contribution in [0.15, 0.2) is 23.4 Å². The van der Waals surface area contributed by atoms with E-state index in [4.69, 9.17) is 0 Å². The van der Waals surface area contributed by atoms with Gasteiger partial charge in [0, 0.05) is 25.3 Å². The van der Waals surface area contributed by atoms with Gasteiger partial charge in [-0.2, -0.15) is 4.31 Å². The van der Waals surface area contributed by atoms with Gasteiger partial charge in [-0.1, -0.05) is 6.92 Å². The quantitative estimate of drug-likeness (QED) is 0.897. The summed E-state index contributed by atoms with van der Waals surface area (Å²) in [5.74, 6) is -0.159. The van der Waals surface area contributed by atoms with Crippen LogP contribution in [-0.4, -0.2) is 43.4 Å². The molecule has 0 saturated carbocycles. The van der Waals surface area contributed by atoms with Gasteiger partial charge in [-0.3, -0.25) is 4.98 Å². The molecular weight excluding hydrogens is 293 g/mol. The lowest BCUT2D eigenvalue weighted by atomic mass is 9.91. The average molecular weight is 315 g/mol. The first kappa shape index (κ1) is 16.3. The second-order valence-electron chi connectivity index (χ2n) is 5.43. The molecule has 2 rings (SSSR count). The highest BCUT2D eigenvalue weighted by Crippen LogP contribution is 2.25. The van der Waals surface area contributed by atoms with Crippen molar-refractivity contribution in [3.05, 3.63) is 24.3 Å². The molecule has 0 bridgehead atoms. The van der Waals surface area contributed by atoms with Crippen molar-refractivity contribution < 1.29 is 12.8 Å². The highest BCUT2D eigenvalue weighted by atomic mass is 32.2. The van der Waals surface area contributed by atoms with E-state index in [1.54, 1.807) is 0 Å². The van der Waals surface area contributed by atoms with Crippen LogP contribution in [0.25, 0.3) is 0 Å². The van der Waals surface area contributed by atoms with Crippen LogP contribution >= 0.6 is 0 Å².